The van der Waals surface area contributed by atoms with E-state index >= 15 is 0 Å². The van der Waals surface area contributed by atoms with Crippen molar-refractivity contribution in [3.63, 3.8) is 0 Å². The molecule has 0 bridgehead atoms. The van der Waals surface area contributed by atoms with Crippen LogP contribution in [0.1, 0.15) is 5.56 Å². The molecule has 1 aromatic heterocycles. The molecule has 0 atom stereocenters. The van der Waals surface area contributed by atoms with Gasteiger partial charge in [-0.3, -0.25) is 4.79 Å². The molecule has 0 radical (unpaired) electrons. The van der Waals surface area contributed by atoms with Crippen LogP contribution >= 0.6 is 23.2 Å². The van der Waals surface area contributed by atoms with Crippen molar-refractivity contribution in [3.05, 3.63) is 68.4 Å². The van der Waals surface area contributed by atoms with E-state index in [1.165, 1.54) is 32.1 Å². The molecule has 0 saturated carbocycles. The number of hydrogen-bond donors (Lipinski definition) is 0. The SMILES string of the molecule is COc1cc(-c2ccc(=O)n(Cc3ccc(Cl)cc3Cl)n2)cc(OC)c1OC. The Morgan fingerprint density at radius 1 is 0.929 bits per heavy atom. The normalized spacial score (nSPS) is 10.6. The first-order chi connectivity index (χ1) is 13.5. The van der Waals surface area contributed by atoms with Crippen LogP contribution in [-0.2, 0) is 6.54 Å². The average molecular weight is 421 g/mol. The van der Waals surface area contributed by atoms with Crippen LogP contribution in [0.3, 0.4) is 0 Å². The second-order valence-electron chi connectivity index (χ2n) is 5.86. The molecule has 0 unspecified atom stereocenters. The van der Waals surface area contributed by atoms with Gasteiger partial charge in [-0.25, -0.2) is 4.68 Å². The lowest BCUT2D eigenvalue weighted by molar-refractivity contribution is 0.324. The Balaban J connectivity index is 2.05. The molecule has 146 valence electrons. The topological polar surface area (TPSA) is 62.6 Å². The molecule has 6 nitrogen and oxygen atoms in total. The van der Waals surface area contributed by atoms with Crippen LogP contribution in [0.5, 0.6) is 17.2 Å². The van der Waals surface area contributed by atoms with E-state index in [4.69, 9.17) is 37.4 Å². The Hall–Kier alpha value is -2.70. The molecule has 1 heterocycles. The summed E-state index contributed by atoms with van der Waals surface area (Å²) in [6.07, 6.45) is 0. The molecule has 2 aromatic carbocycles. The lowest BCUT2D eigenvalue weighted by Gasteiger charge is -2.14. The number of nitrogens with zero attached hydrogens (tertiary/aromatic N) is 2. The summed E-state index contributed by atoms with van der Waals surface area (Å²) in [4.78, 5) is 12.3. The summed E-state index contributed by atoms with van der Waals surface area (Å²) >= 11 is 12.2. The first kappa shape index (κ1) is 20.0. The van der Waals surface area contributed by atoms with E-state index in [-0.39, 0.29) is 12.1 Å². The first-order valence-corrected chi connectivity index (χ1v) is 9.05. The molecule has 0 N–H and O–H groups in total. The monoisotopic (exact) mass is 420 g/mol. The fourth-order valence-corrected chi connectivity index (χ4v) is 3.22. The fourth-order valence-electron chi connectivity index (χ4n) is 2.76. The van der Waals surface area contributed by atoms with Crippen molar-refractivity contribution in [2.45, 2.75) is 6.54 Å². The first-order valence-electron chi connectivity index (χ1n) is 8.29. The molecule has 0 spiro atoms. The molecule has 3 rings (SSSR count). The second-order valence-corrected chi connectivity index (χ2v) is 6.71. The van der Waals surface area contributed by atoms with Gasteiger partial charge in [0.25, 0.3) is 5.56 Å². The summed E-state index contributed by atoms with van der Waals surface area (Å²) in [5.41, 5.74) is 1.78. The molecule has 0 aliphatic heterocycles. The Morgan fingerprint density at radius 3 is 2.18 bits per heavy atom. The van der Waals surface area contributed by atoms with E-state index < -0.39 is 0 Å². The van der Waals surface area contributed by atoms with Gasteiger partial charge in [0.15, 0.2) is 11.5 Å². The van der Waals surface area contributed by atoms with Gasteiger partial charge < -0.3 is 14.2 Å². The third-order valence-corrected chi connectivity index (χ3v) is 4.75. The van der Waals surface area contributed by atoms with Gasteiger partial charge in [-0.05, 0) is 35.9 Å². The maximum absolute atomic E-state index is 12.3. The Bertz CT molecular complexity index is 1040. The maximum Gasteiger partial charge on any atom is 0.267 e. The zero-order valence-corrected chi connectivity index (χ0v) is 17.0. The van der Waals surface area contributed by atoms with E-state index in [0.717, 1.165) is 5.56 Å². The van der Waals surface area contributed by atoms with Crippen LogP contribution in [0.25, 0.3) is 11.3 Å². The lowest BCUT2D eigenvalue weighted by Crippen LogP contribution is -2.23. The highest BCUT2D eigenvalue weighted by Crippen LogP contribution is 2.40. The van der Waals surface area contributed by atoms with Crippen molar-refractivity contribution in [1.29, 1.82) is 0 Å². The third-order valence-electron chi connectivity index (χ3n) is 4.16. The number of rotatable bonds is 6. The molecule has 3 aromatic rings. The van der Waals surface area contributed by atoms with Gasteiger partial charge in [-0.2, -0.15) is 5.10 Å². The number of hydrogen-bond acceptors (Lipinski definition) is 5. The largest absolute Gasteiger partial charge is 0.493 e. The van der Waals surface area contributed by atoms with Crippen molar-refractivity contribution in [1.82, 2.24) is 9.78 Å². The highest BCUT2D eigenvalue weighted by atomic mass is 35.5. The van der Waals surface area contributed by atoms with E-state index in [1.807, 2.05) is 0 Å². The van der Waals surface area contributed by atoms with Crippen LogP contribution in [0.15, 0.2) is 47.3 Å². The zero-order valence-electron chi connectivity index (χ0n) is 15.5. The Labute approximate surface area is 172 Å². The third kappa shape index (κ3) is 4.08. The van der Waals surface area contributed by atoms with Crippen LogP contribution in [0.4, 0.5) is 0 Å². The molecular weight excluding hydrogens is 403 g/mol. The van der Waals surface area contributed by atoms with Crippen molar-refractivity contribution in [3.8, 4) is 28.5 Å². The minimum Gasteiger partial charge on any atom is -0.493 e. The highest BCUT2D eigenvalue weighted by molar-refractivity contribution is 6.35. The quantitative estimate of drug-likeness (QED) is 0.594. The van der Waals surface area contributed by atoms with Crippen molar-refractivity contribution in [2.24, 2.45) is 0 Å². The van der Waals surface area contributed by atoms with Crippen LogP contribution in [0.2, 0.25) is 10.0 Å². The molecule has 0 amide bonds. The summed E-state index contributed by atoms with van der Waals surface area (Å²) in [5.74, 6) is 1.48. The van der Waals surface area contributed by atoms with Gasteiger partial charge in [-0.15, -0.1) is 0 Å². The van der Waals surface area contributed by atoms with Crippen LogP contribution < -0.4 is 19.8 Å². The second kappa shape index (κ2) is 8.54. The molecule has 0 saturated heterocycles. The van der Waals surface area contributed by atoms with Gasteiger partial charge >= 0.3 is 0 Å². The molecule has 0 aliphatic rings. The van der Waals surface area contributed by atoms with Crippen molar-refractivity contribution >= 4 is 23.2 Å². The lowest BCUT2D eigenvalue weighted by atomic mass is 10.1. The predicted molar refractivity (Wildman–Crippen MR) is 109 cm³/mol. The standard InChI is InChI=1S/C20H18Cl2N2O4/c1-26-17-8-13(9-18(27-2)20(17)28-3)16-6-7-19(25)24(23-16)11-12-4-5-14(21)10-15(12)22/h4-10H,11H2,1-3H3. The van der Waals surface area contributed by atoms with E-state index in [0.29, 0.717) is 38.6 Å². The van der Waals surface area contributed by atoms with Gasteiger partial charge in [-0.1, -0.05) is 29.3 Å². The number of methoxy groups -OCH3 is 3. The van der Waals surface area contributed by atoms with Gasteiger partial charge in [0, 0.05) is 21.7 Å². The minimum atomic E-state index is -0.248. The molecule has 28 heavy (non-hydrogen) atoms. The summed E-state index contributed by atoms with van der Waals surface area (Å²) in [6, 6.07) is 11.8. The van der Waals surface area contributed by atoms with Gasteiger partial charge in [0.2, 0.25) is 5.75 Å². The zero-order chi connectivity index (χ0) is 20.3. The predicted octanol–water partition coefficient (Wildman–Crippen LogP) is 4.29. The van der Waals surface area contributed by atoms with Crippen LogP contribution in [0, 0.1) is 0 Å². The van der Waals surface area contributed by atoms with Crippen molar-refractivity contribution < 1.29 is 14.2 Å². The number of benzene rings is 2. The summed E-state index contributed by atoms with van der Waals surface area (Å²) in [6.45, 7) is 0.215. The van der Waals surface area contributed by atoms with Crippen molar-refractivity contribution in [2.75, 3.05) is 21.3 Å². The number of halogens is 2. The minimum absolute atomic E-state index is 0.215. The van der Waals surface area contributed by atoms with Gasteiger partial charge in [0.05, 0.1) is 33.6 Å². The van der Waals surface area contributed by atoms with E-state index in [1.54, 1.807) is 36.4 Å². The van der Waals surface area contributed by atoms with E-state index in [9.17, 15) is 4.79 Å². The Morgan fingerprint density at radius 2 is 1.61 bits per heavy atom. The molecule has 0 aliphatic carbocycles. The number of ether oxygens (including phenoxy) is 3. The smallest absolute Gasteiger partial charge is 0.267 e. The maximum atomic E-state index is 12.3. The van der Waals surface area contributed by atoms with Gasteiger partial charge in [0.1, 0.15) is 0 Å². The van der Waals surface area contributed by atoms with Crippen LogP contribution in [-0.4, -0.2) is 31.1 Å². The fraction of sp³-hybridized carbons (Fsp3) is 0.200. The summed E-state index contributed by atoms with van der Waals surface area (Å²) < 4.78 is 17.5. The molecular formula is C20H18Cl2N2O4. The molecule has 8 heteroatoms. The average Bonchev–Trinajstić information content (AvgIpc) is 2.70. The highest BCUT2D eigenvalue weighted by Gasteiger charge is 2.15. The summed E-state index contributed by atoms with van der Waals surface area (Å²) in [7, 11) is 4.62. The van der Waals surface area contributed by atoms with E-state index in [2.05, 4.69) is 5.10 Å². The molecule has 0 fully saturated rings. The summed E-state index contributed by atoms with van der Waals surface area (Å²) in [5, 5.41) is 5.47. The Kier molecular flexibility index (Phi) is 6.11. The number of aromatic nitrogens is 2.